The van der Waals surface area contributed by atoms with Gasteiger partial charge in [-0.3, -0.25) is 14.9 Å². The highest BCUT2D eigenvalue weighted by atomic mass is 16.6. The van der Waals surface area contributed by atoms with E-state index in [1.807, 2.05) is 12.1 Å². The molecule has 1 aliphatic heterocycles. The number of allylic oxidation sites excluding steroid dienone is 2. The van der Waals surface area contributed by atoms with E-state index in [2.05, 4.69) is 5.32 Å². The maximum Gasteiger partial charge on any atom is 0.296 e. The number of anilines is 1. The van der Waals surface area contributed by atoms with E-state index in [1.165, 1.54) is 6.08 Å². The van der Waals surface area contributed by atoms with Gasteiger partial charge in [0.25, 0.3) is 5.70 Å². The summed E-state index contributed by atoms with van der Waals surface area (Å²) in [5.41, 5.74) is 1.58. The second-order valence-electron chi connectivity index (χ2n) is 4.76. The first-order valence-corrected chi connectivity index (χ1v) is 6.69. The molecule has 0 aromatic heterocycles. The van der Waals surface area contributed by atoms with Gasteiger partial charge in [0.05, 0.1) is 4.92 Å². The van der Waals surface area contributed by atoms with Crippen LogP contribution in [0.4, 0.5) is 5.69 Å². The second-order valence-corrected chi connectivity index (χ2v) is 4.76. The summed E-state index contributed by atoms with van der Waals surface area (Å²) in [4.78, 5) is 23.4. The highest BCUT2D eigenvalue weighted by Crippen LogP contribution is 2.26. The van der Waals surface area contributed by atoms with Crippen LogP contribution >= 0.6 is 0 Å². The van der Waals surface area contributed by atoms with Gasteiger partial charge in [-0.1, -0.05) is 48.5 Å². The van der Waals surface area contributed by atoms with Crippen LogP contribution < -0.4 is 5.32 Å². The zero-order valence-corrected chi connectivity index (χ0v) is 11.5. The van der Waals surface area contributed by atoms with Crippen molar-refractivity contribution in [2.45, 2.75) is 0 Å². The zero-order chi connectivity index (χ0) is 15.5. The summed E-state index contributed by atoms with van der Waals surface area (Å²) in [6.07, 6.45) is 2.99. The first kappa shape index (κ1) is 13.8. The van der Waals surface area contributed by atoms with E-state index >= 15 is 0 Å². The first-order chi connectivity index (χ1) is 10.7. The van der Waals surface area contributed by atoms with E-state index in [-0.39, 0.29) is 11.4 Å². The van der Waals surface area contributed by atoms with Crippen molar-refractivity contribution in [3.8, 4) is 0 Å². The Kier molecular flexibility index (Phi) is 3.53. The van der Waals surface area contributed by atoms with Gasteiger partial charge in [0.1, 0.15) is 0 Å². The number of Topliss-reactive ketones (excluding diaryl/α,β-unsaturated/α-hetero) is 1. The van der Waals surface area contributed by atoms with Crippen LogP contribution in [0.2, 0.25) is 0 Å². The number of ketones is 1. The van der Waals surface area contributed by atoms with Crippen LogP contribution in [0.5, 0.6) is 0 Å². The monoisotopic (exact) mass is 292 g/mol. The molecule has 0 fully saturated rings. The van der Waals surface area contributed by atoms with Crippen molar-refractivity contribution in [2.75, 3.05) is 5.32 Å². The third-order valence-electron chi connectivity index (χ3n) is 3.36. The standard InChI is InChI=1S/C17H12N2O3/c20-17(13-7-2-1-3-8-13)16-15(19(21)22)11-10-12-6-4-5-9-14(12)18-16/h1-11,18H. The maximum atomic E-state index is 12.6. The van der Waals surface area contributed by atoms with Gasteiger partial charge in [0, 0.05) is 17.3 Å². The van der Waals surface area contributed by atoms with Gasteiger partial charge in [-0.2, -0.15) is 0 Å². The van der Waals surface area contributed by atoms with Crippen LogP contribution in [0.1, 0.15) is 15.9 Å². The van der Waals surface area contributed by atoms with Crippen LogP contribution in [0.25, 0.3) is 6.08 Å². The van der Waals surface area contributed by atoms with Crippen molar-refractivity contribution < 1.29 is 9.72 Å². The number of nitro groups is 1. The Morgan fingerprint density at radius 3 is 2.36 bits per heavy atom. The fourth-order valence-corrected chi connectivity index (χ4v) is 2.27. The van der Waals surface area contributed by atoms with E-state index in [9.17, 15) is 14.9 Å². The Labute approximate surface area is 126 Å². The summed E-state index contributed by atoms with van der Waals surface area (Å²) >= 11 is 0. The van der Waals surface area contributed by atoms with Crippen LogP contribution in [-0.4, -0.2) is 10.7 Å². The first-order valence-electron chi connectivity index (χ1n) is 6.69. The van der Waals surface area contributed by atoms with Crippen LogP contribution in [0.15, 0.2) is 72.1 Å². The third kappa shape index (κ3) is 2.52. The lowest BCUT2D eigenvalue weighted by molar-refractivity contribution is -0.419. The molecule has 1 heterocycles. The topological polar surface area (TPSA) is 72.2 Å². The van der Waals surface area contributed by atoms with Crippen molar-refractivity contribution >= 4 is 17.5 Å². The van der Waals surface area contributed by atoms with E-state index in [4.69, 9.17) is 0 Å². The van der Waals surface area contributed by atoms with E-state index in [0.717, 1.165) is 5.56 Å². The molecule has 0 aliphatic carbocycles. The van der Waals surface area contributed by atoms with Crippen LogP contribution in [0, 0.1) is 10.1 Å². The number of benzene rings is 2. The summed E-state index contributed by atoms with van der Waals surface area (Å²) in [7, 11) is 0. The molecule has 2 aromatic rings. The molecule has 2 aromatic carbocycles. The van der Waals surface area contributed by atoms with E-state index in [1.54, 1.807) is 48.5 Å². The minimum Gasteiger partial charge on any atom is -0.346 e. The molecule has 0 amide bonds. The Morgan fingerprint density at radius 2 is 1.64 bits per heavy atom. The lowest BCUT2D eigenvalue weighted by Gasteiger charge is -2.10. The molecule has 5 nitrogen and oxygen atoms in total. The van der Waals surface area contributed by atoms with Crippen LogP contribution in [0.3, 0.4) is 0 Å². The largest absolute Gasteiger partial charge is 0.346 e. The molecule has 3 rings (SSSR count). The predicted octanol–water partition coefficient (Wildman–Crippen LogP) is 3.50. The quantitative estimate of drug-likeness (QED) is 0.534. The Balaban J connectivity index is 2.12. The predicted molar refractivity (Wildman–Crippen MR) is 83.9 cm³/mol. The van der Waals surface area contributed by atoms with Crippen molar-refractivity contribution in [3.63, 3.8) is 0 Å². The zero-order valence-electron chi connectivity index (χ0n) is 11.5. The number of nitrogens with one attached hydrogen (secondary N) is 1. The second kappa shape index (κ2) is 5.65. The molecule has 0 radical (unpaired) electrons. The number of para-hydroxylation sites is 1. The molecule has 0 saturated carbocycles. The van der Waals surface area contributed by atoms with Gasteiger partial charge in [-0.15, -0.1) is 0 Å². The van der Waals surface area contributed by atoms with Gasteiger partial charge in [0.2, 0.25) is 5.78 Å². The Bertz CT molecular complexity index is 808. The van der Waals surface area contributed by atoms with Gasteiger partial charge in [-0.05, 0) is 17.7 Å². The molecule has 1 N–H and O–H groups in total. The molecule has 22 heavy (non-hydrogen) atoms. The lowest BCUT2D eigenvalue weighted by atomic mass is 10.1. The number of fused-ring (bicyclic) bond motifs is 1. The number of hydrogen-bond donors (Lipinski definition) is 1. The summed E-state index contributed by atoms with van der Waals surface area (Å²) in [5, 5.41) is 14.2. The molecule has 108 valence electrons. The SMILES string of the molecule is O=C(C1=C([N+](=O)[O-])C=Cc2ccccc2N1)c1ccccc1. The van der Waals surface area contributed by atoms with Crippen molar-refractivity contribution in [1.82, 2.24) is 0 Å². The fourth-order valence-electron chi connectivity index (χ4n) is 2.27. The van der Waals surface area contributed by atoms with Crippen molar-refractivity contribution in [2.24, 2.45) is 0 Å². The lowest BCUT2D eigenvalue weighted by Crippen LogP contribution is -2.17. The molecule has 0 saturated heterocycles. The number of nitrogens with zero attached hydrogens (tertiary/aromatic N) is 1. The average Bonchev–Trinajstić information content (AvgIpc) is 2.74. The molecule has 0 atom stereocenters. The minimum atomic E-state index is -0.550. The fraction of sp³-hybridized carbons (Fsp3) is 0. The molecule has 0 unspecified atom stereocenters. The van der Waals surface area contributed by atoms with Gasteiger partial charge >= 0.3 is 0 Å². The molecular weight excluding hydrogens is 280 g/mol. The molecule has 0 spiro atoms. The average molecular weight is 292 g/mol. The molecular formula is C17H12N2O3. The van der Waals surface area contributed by atoms with Gasteiger partial charge < -0.3 is 5.32 Å². The minimum absolute atomic E-state index is 0.0302. The van der Waals surface area contributed by atoms with E-state index < -0.39 is 10.7 Å². The number of carbonyl (C=O) groups excluding carboxylic acids is 1. The van der Waals surface area contributed by atoms with E-state index in [0.29, 0.717) is 11.3 Å². The molecule has 5 heteroatoms. The molecule has 1 aliphatic rings. The highest BCUT2D eigenvalue weighted by molar-refractivity contribution is 6.11. The van der Waals surface area contributed by atoms with Gasteiger partial charge in [0.15, 0.2) is 5.70 Å². The number of rotatable bonds is 3. The Hall–Kier alpha value is -3.21. The number of carbonyl (C=O) groups is 1. The normalized spacial score (nSPS) is 13.1. The third-order valence-corrected chi connectivity index (χ3v) is 3.36. The van der Waals surface area contributed by atoms with Crippen molar-refractivity contribution in [3.05, 3.63) is 93.3 Å². The van der Waals surface area contributed by atoms with Crippen LogP contribution in [-0.2, 0) is 0 Å². The summed E-state index contributed by atoms with van der Waals surface area (Å²) in [5.74, 6) is -0.409. The molecule has 0 bridgehead atoms. The highest BCUT2D eigenvalue weighted by Gasteiger charge is 2.26. The van der Waals surface area contributed by atoms with Crippen molar-refractivity contribution in [1.29, 1.82) is 0 Å². The summed E-state index contributed by atoms with van der Waals surface area (Å²) < 4.78 is 0. The maximum absolute atomic E-state index is 12.6. The van der Waals surface area contributed by atoms with Gasteiger partial charge in [-0.25, -0.2) is 0 Å². The summed E-state index contributed by atoms with van der Waals surface area (Å²) in [6.45, 7) is 0. The number of hydrogen-bond acceptors (Lipinski definition) is 4. The Morgan fingerprint density at radius 1 is 0.955 bits per heavy atom. The summed E-state index contributed by atoms with van der Waals surface area (Å²) in [6, 6.07) is 15.7. The smallest absolute Gasteiger partial charge is 0.296 e.